The molecule has 114 valence electrons. The number of nitrogens with zero attached hydrogens (tertiary/aromatic N) is 1. The van der Waals surface area contributed by atoms with Crippen LogP contribution in [0.15, 0.2) is 48.5 Å². The molecule has 0 radical (unpaired) electrons. The monoisotopic (exact) mass is 299 g/mol. The summed E-state index contributed by atoms with van der Waals surface area (Å²) in [4.78, 5) is 22.5. The molecule has 2 N–H and O–H groups in total. The van der Waals surface area contributed by atoms with Crippen LogP contribution in [-0.2, 0) is 4.79 Å². The van der Waals surface area contributed by atoms with Crippen LogP contribution in [0.5, 0.6) is 0 Å². The zero-order valence-electron chi connectivity index (χ0n) is 12.4. The van der Waals surface area contributed by atoms with Gasteiger partial charge in [-0.05, 0) is 38.1 Å². The lowest BCUT2D eigenvalue weighted by atomic mass is 10.1. The van der Waals surface area contributed by atoms with Crippen LogP contribution < -0.4 is 10.6 Å². The van der Waals surface area contributed by atoms with Crippen molar-refractivity contribution in [2.24, 2.45) is 0 Å². The van der Waals surface area contributed by atoms with E-state index >= 15 is 0 Å². The number of nitro groups is 1. The summed E-state index contributed by atoms with van der Waals surface area (Å²) < 4.78 is 0. The molecule has 1 unspecified atom stereocenters. The standard InChI is InChI=1S/C16H17N3O3/c1-11-10-14(8-9-15(11)19(21)22)17-12(2)16(20)18-13-6-4-3-5-7-13/h3-10,12,17H,1-2H3,(H,18,20). The maximum atomic E-state index is 12.1. The Hall–Kier alpha value is -2.89. The predicted octanol–water partition coefficient (Wildman–Crippen LogP) is 3.34. The van der Waals surface area contributed by atoms with Gasteiger partial charge in [0.15, 0.2) is 0 Å². The Morgan fingerprint density at radius 1 is 1.14 bits per heavy atom. The molecule has 2 aromatic rings. The Morgan fingerprint density at radius 2 is 1.82 bits per heavy atom. The van der Waals surface area contributed by atoms with Gasteiger partial charge in [0, 0.05) is 23.0 Å². The molecule has 0 saturated carbocycles. The number of carbonyl (C=O) groups is 1. The number of nitrogens with one attached hydrogen (secondary N) is 2. The number of para-hydroxylation sites is 1. The third-order valence-corrected chi connectivity index (χ3v) is 3.21. The van der Waals surface area contributed by atoms with E-state index in [0.29, 0.717) is 11.3 Å². The van der Waals surface area contributed by atoms with Crippen LogP contribution in [0.2, 0.25) is 0 Å². The van der Waals surface area contributed by atoms with Crippen LogP contribution in [0, 0.1) is 17.0 Å². The van der Waals surface area contributed by atoms with Crippen molar-refractivity contribution < 1.29 is 9.72 Å². The van der Waals surface area contributed by atoms with E-state index in [4.69, 9.17) is 0 Å². The minimum Gasteiger partial charge on any atom is -0.374 e. The molecule has 0 heterocycles. The van der Waals surface area contributed by atoms with Gasteiger partial charge in [-0.3, -0.25) is 14.9 Å². The highest BCUT2D eigenvalue weighted by Gasteiger charge is 2.15. The first-order valence-corrected chi connectivity index (χ1v) is 6.85. The molecule has 6 heteroatoms. The first kappa shape index (κ1) is 15.5. The summed E-state index contributed by atoms with van der Waals surface area (Å²) in [6.45, 7) is 3.40. The Bertz CT molecular complexity index is 686. The van der Waals surface area contributed by atoms with Gasteiger partial charge < -0.3 is 10.6 Å². The molecule has 0 aliphatic heterocycles. The Morgan fingerprint density at radius 3 is 2.41 bits per heavy atom. The lowest BCUT2D eigenvalue weighted by molar-refractivity contribution is -0.385. The summed E-state index contributed by atoms with van der Waals surface area (Å²) in [6, 6.07) is 13.4. The predicted molar refractivity (Wildman–Crippen MR) is 86.0 cm³/mol. The van der Waals surface area contributed by atoms with Gasteiger partial charge >= 0.3 is 0 Å². The number of carbonyl (C=O) groups excluding carboxylic acids is 1. The van der Waals surface area contributed by atoms with Gasteiger partial charge in [0.25, 0.3) is 5.69 Å². The first-order chi connectivity index (χ1) is 10.5. The van der Waals surface area contributed by atoms with Crippen LogP contribution in [0.4, 0.5) is 17.1 Å². The molecule has 0 saturated heterocycles. The molecule has 0 fully saturated rings. The van der Waals surface area contributed by atoms with E-state index in [2.05, 4.69) is 10.6 Å². The van der Waals surface area contributed by atoms with Gasteiger partial charge in [-0.15, -0.1) is 0 Å². The zero-order chi connectivity index (χ0) is 16.1. The van der Waals surface area contributed by atoms with Crippen LogP contribution in [0.3, 0.4) is 0 Å². The molecule has 2 aromatic carbocycles. The van der Waals surface area contributed by atoms with E-state index in [1.807, 2.05) is 18.2 Å². The number of hydrogen-bond donors (Lipinski definition) is 2. The van der Waals surface area contributed by atoms with E-state index in [0.717, 1.165) is 5.69 Å². The van der Waals surface area contributed by atoms with E-state index in [1.54, 1.807) is 38.1 Å². The molecular weight excluding hydrogens is 282 g/mol. The summed E-state index contributed by atoms with van der Waals surface area (Å²) in [6.07, 6.45) is 0. The van der Waals surface area contributed by atoms with Crippen LogP contribution >= 0.6 is 0 Å². The van der Waals surface area contributed by atoms with Crippen molar-refractivity contribution >= 4 is 23.0 Å². The molecule has 6 nitrogen and oxygen atoms in total. The normalized spacial score (nSPS) is 11.5. The van der Waals surface area contributed by atoms with Crippen molar-refractivity contribution in [3.8, 4) is 0 Å². The number of hydrogen-bond acceptors (Lipinski definition) is 4. The van der Waals surface area contributed by atoms with Crippen molar-refractivity contribution in [3.63, 3.8) is 0 Å². The minimum absolute atomic E-state index is 0.0620. The number of benzene rings is 2. The summed E-state index contributed by atoms with van der Waals surface area (Å²) in [5.74, 6) is -0.179. The lowest BCUT2D eigenvalue weighted by Crippen LogP contribution is -2.31. The molecule has 22 heavy (non-hydrogen) atoms. The largest absolute Gasteiger partial charge is 0.374 e. The number of aryl methyl sites for hydroxylation is 1. The summed E-state index contributed by atoms with van der Waals surface area (Å²) in [5.41, 5.74) is 2.00. The molecule has 0 bridgehead atoms. The second-order valence-corrected chi connectivity index (χ2v) is 4.98. The molecule has 1 atom stereocenters. The van der Waals surface area contributed by atoms with E-state index in [-0.39, 0.29) is 11.6 Å². The maximum absolute atomic E-state index is 12.1. The SMILES string of the molecule is Cc1cc(NC(C)C(=O)Nc2ccccc2)ccc1[N+](=O)[O-]. The van der Waals surface area contributed by atoms with Gasteiger partial charge in [-0.25, -0.2) is 0 Å². The van der Waals surface area contributed by atoms with Crippen molar-refractivity contribution in [1.82, 2.24) is 0 Å². The average Bonchev–Trinajstić information content (AvgIpc) is 2.47. The molecule has 1 amide bonds. The van der Waals surface area contributed by atoms with Crippen molar-refractivity contribution in [2.45, 2.75) is 19.9 Å². The fourth-order valence-corrected chi connectivity index (χ4v) is 2.04. The fraction of sp³-hybridized carbons (Fsp3) is 0.188. The Balaban J connectivity index is 2.02. The van der Waals surface area contributed by atoms with Gasteiger partial charge in [0.2, 0.25) is 5.91 Å². The van der Waals surface area contributed by atoms with Gasteiger partial charge in [-0.1, -0.05) is 18.2 Å². The summed E-state index contributed by atoms with van der Waals surface area (Å²) in [5, 5.41) is 16.6. The molecule has 2 rings (SSSR count). The molecule has 0 aliphatic rings. The van der Waals surface area contributed by atoms with Crippen LogP contribution in [0.25, 0.3) is 0 Å². The van der Waals surface area contributed by atoms with Gasteiger partial charge in [0.05, 0.1) is 4.92 Å². The number of anilines is 2. The van der Waals surface area contributed by atoms with Crippen molar-refractivity contribution in [3.05, 3.63) is 64.2 Å². The smallest absolute Gasteiger partial charge is 0.272 e. The highest BCUT2D eigenvalue weighted by Crippen LogP contribution is 2.22. The fourth-order valence-electron chi connectivity index (χ4n) is 2.04. The van der Waals surface area contributed by atoms with Gasteiger partial charge in [0.1, 0.15) is 6.04 Å². The minimum atomic E-state index is -0.471. The van der Waals surface area contributed by atoms with Crippen molar-refractivity contribution in [2.75, 3.05) is 10.6 Å². The third kappa shape index (κ3) is 3.82. The topological polar surface area (TPSA) is 84.3 Å². The molecular formula is C16H17N3O3. The quantitative estimate of drug-likeness (QED) is 0.655. The summed E-state index contributed by atoms with van der Waals surface area (Å²) in [7, 11) is 0. The molecule has 0 spiro atoms. The van der Waals surface area contributed by atoms with Gasteiger partial charge in [-0.2, -0.15) is 0 Å². The second-order valence-electron chi connectivity index (χ2n) is 4.98. The maximum Gasteiger partial charge on any atom is 0.272 e. The van der Waals surface area contributed by atoms with E-state index in [9.17, 15) is 14.9 Å². The van der Waals surface area contributed by atoms with Crippen LogP contribution in [0.1, 0.15) is 12.5 Å². The molecule has 0 aromatic heterocycles. The highest BCUT2D eigenvalue weighted by molar-refractivity contribution is 5.96. The number of nitro benzene ring substituents is 1. The van der Waals surface area contributed by atoms with Crippen molar-refractivity contribution in [1.29, 1.82) is 0 Å². The zero-order valence-corrected chi connectivity index (χ0v) is 12.4. The number of rotatable bonds is 5. The lowest BCUT2D eigenvalue weighted by Gasteiger charge is -2.15. The average molecular weight is 299 g/mol. The third-order valence-electron chi connectivity index (χ3n) is 3.21. The first-order valence-electron chi connectivity index (χ1n) is 6.85. The molecule has 0 aliphatic carbocycles. The van der Waals surface area contributed by atoms with Crippen LogP contribution in [-0.4, -0.2) is 16.9 Å². The second kappa shape index (κ2) is 6.71. The highest BCUT2D eigenvalue weighted by atomic mass is 16.6. The Labute approximate surface area is 128 Å². The Kier molecular flexibility index (Phi) is 4.73. The van der Waals surface area contributed by atoms with E-state index in [1.165, 1.54) is 6.07 Å². The number of amides is 1. The van der Waals surface area contributed by atoms with E-state index < -0.39 is 11.0 Å². The summed E-state index contributed by atoms with van der Waals surface area (Å²) >= 11 is 0.